The molecule has 0 aromatic carbocycles. The van der Waals surface area contributed by atoms with Crippen LogP contribution in [0.25, 0.3) is 0 Å². The molecule has 194 valence electrons. The molecule has 5 rings (SSSR count). The van der Waals surface area contributed by atoms with Gasteiger partial charge in [-0.25, -0.2) is 0 Å². The van der Waals surface area contributed by atoms with Gasteiger partial charge in [0.15, 0.2) is 12.6 Å². The van der Waals surface area contributed by atoms with Gasteiger partial charge >= 0.3 is 0 Å². The van der Waals surface area contributed by atoms with Crippen LogP contribution in [0.2, 0.25) is 0 Å². The number of rotatable bonds is 7. The topological polar surface area (TPSA) is 54.0 Å². The first kappa shape index (κ1) is 25.2. The van der Waals surface area contributed by atoms with E-state index < -0.39 is 0 Å². The highest BCUT2D eigenvalue weighted by Gasteiger charge is 2.62. The summed E-state index contributed by atoms with van der Waals surface area (Å²) in [5.74, 6) is 2.98. The molecule has 4 saturated carbocycles. The Hall–Kier alpha value is -0.490. The van der Waals surface area contributed by atoms with Gasteiger partial charge in [-0.15, -0.1) is 0 Å². The molecule has 4 unspecified atom stereocenters. The Balaban J connectivity index is 1.33. The number of carbonyl (C=O) groups excluding carboxylic acids is 1. The lowest BCUT2D eigenvalue weighted by atomic mass is 9.44. The van der Waals surface area contributed by atoms with Gasteiger partial charge in [-0.1, -0.05) is 13.8 Å². The van der Waals surface area contributed by atoms with Crippen LogP contribution < -0.4 is 0 Å². The molecule has 1 saturated heterocycles. The van der Waals surface area contributed by atoms with Gasteiger partial charge in [-0.3, -0.25) is 4.79 Å². The van der Waals surface area contributed by atoms with Gasteiger partial charge in [-0.2, -0.15) is 0 Å². The molecule has 5 nitrogen and oxygen atoms in total. The Morgan fingerprint density at radius 1 is 0.941 bits per heavy atom. The van der Waals surface area contributed by atoms with E-state index in [4.69, 9.17) is 18.9 Å². The third-order valence-electron chi connectivity index (χ3n) is 10.9. The lowest BCUT2D eigenvalue weighted by Gasteiger charge is -2.61. The van der Waals surface area contributed by atoms with Crippen LogP contribution in [-0.2, 0) is 23.7 Å². The maximum Gasteiger partial charge on any atom is 0.167 e. The molecule has 9 atom stereocenters. The predicted octanol–water partition coefficient (Wildman–Crippen LogP) is 6.14. The Labute approximate surface area is 207 Å². The fourth-order valence-corrected chi connectivity index (χ4v) is 9.20. The van der Waals surface area contributed by atoms with E-state index in [1.54, 1.807) is 0 Å². The molecule has 0 radical (unpaired) electrons. The molecular weight excluding hydrogens is 428 g/mol. The summed E-state index contributed by atoms with van der Waals surface area (Å²) in [5.41, 5.74) is 0.481. The van der Waals surface area contributed by atoms with Crippen LogP contribution in [0.4, 0.5) is 0 Å². The summed E-state index contributed by atoms with van der Waals surface area (Å²) in [6.45, 7) is 11.1. The molecule has 0 spiro atoms. The van der Waals surface area contributed by atoms with Crippen molar-refractivity contribution in [2.45, 2.75) is 117 Å². The van der Waals surface area contributed by atoms with E-state index in [0.29, 0.717) is 43.4 Å². The molecule has 4 aliphatic carbocycles. The Morgan fingerprint density at radius 3 is 2.41 bits per heavy atom. The van der Waals surface area contributed by atoms with Crippen molar-refractivity contribution < 1.29 is 23.7 Å². The largest absolute Gasteiger partial charge is 0.353 e. The molecule has 5 heteroatoms. The van der Waals surface area contributed by atoms with Crippen LogP contribution in [0.15, 0.2) is 0 Å². The van der Waals surface area contributed by atoms with E-state index in [0.717, 1.165) is 31.3 Å². The van der Waals surface area contributed by atoms with Crippen molar-refractivity contribution in [3.63, 3.8) is 0 Å². The first-order valence-electron chi connectivity index (χ1n) is 14.4. The van der Waals surface area contributed by atoms with E-state index in [1.807, 2.05) is 13.8 Å². The molecule has 1 heterocycles. The minimum Gasteiger partial charge on any atom is -0.353 e. The summed E-state index contributed by atoms with van der Waals surface area (Å²) in [6.07, 6.45) is 12.6. The Morgan fingerprint density at radius 2 is 1.71 bits per heavy atom. The second-order valence-corrected chi connectivity index (χ2v) is 12.5. The smallest absolute Gasteiger partial charge is 0.167 e. The highest BCUT2D eigenvalue weighted by Crippen LogP contribution is 2.67. The van der Waals surface area contributed by atoms with Gasteiger partial charge in [0.05, 0.1) is 12.0 Å². The average molecular weight is 477 g/mol. The average Bonchev–Trinajstić information content (AvgIpc) is 3.16. The fourth-order valence-electron chi connectivity index (χ4n) is 9.20. The minimum absolute atomic E-state index is 0.0134. The number of ether oxygens (including phenoxy) is 4. The summed E-state index contributed by atoms with van der Waals surface area (Å²) in [4.78, 5) is 13.2. The molecule has 0 N–H and O–H groups in total. The molecule has 5 fully saturated rings. The zero-order valence-corrected chi connectivity index (χ0v) is 22.1. The molecule has 0 aromatic heterocycles. The highest BCUT2D eigenvalue weighted by atomic mass is 16.7. The van der Waals surface area contributed by atoms with Crippen LogP contribution in [0.1, 0.15) is 98.3 Å². The van der Waals surface area contributed by atoms with E-state index in [-0.39, 0.29) is 29.3 Å². The zero-order chi connectivity index (χ0) is 23.9. The fraction of sp³-hybridized carbons (Fsp3) is 0.966. The Kier molecular flexibility index (Phi) is 7.48. The zero-order valence-electron chi connectivity index (χ0n) is 22.1. The van der Waals surface area contributed by atoms with Crippen molar-refractivity contribution in [2.75, 3.05) is 19.8 Å². The molecule has 5 aliphatic rings. The number of hydrogen-bond donors (Lipinski definition) is 0. The number of hydrogen-bond acceptors (Lipinski definition) is 5. The van der Waals surface area contributed by atoms with Crippen LogP contribution in [0, 0.1) is 40.4 Å². The van der Waals surface area contributed by atoms with Crippen molar-refractivity contribution in [3.8, 4) is 0 Å². The summed E-state index contributed by atoms with van der Waals surface area (Å²) in [7, 11) is 0. The Bertz CT molecular complexity index is 713. The second kappa shape index (κ2) is 10.1. The summed E-state index contributed by atoms with van der Waals surface area (Å²) in [5, 5.41) is 0. The van der Waals surface area contributed by atoms with Crippen molar-refractivity contribution in [3.05, 3.63) is 0 Å². The summed E-state index contributed by atoms with van der Waals surface area (Å²) < 4.78 is 24.5. The van der Waals surface area contributed by atoms with Gasteiger partial charge in [0.25, 0.3) is 0 Å². The third-order valence-corrected chi connectivity index (χ3v) is 10.9. The standard InChI is InChI=1S/C29H48O5/c1-5-31-27(32-6-2)21-18-29(4)19(17-24(21)30)10-11-20-22-12-13-25(28(22,3)15-14-23(20)29)34-26-9-7-8-16-33-26/h19-23,25-27H,5-18H2,1-4H3/t19?,20-,21?,22-,23+,25?,26?,28-,29-/m0/s1. The summed E-state index contributed by atoms with van der Waals surface area (Å²) in [6, 6.07) is 0. The predicted molar refractivity (Wildman–Crippen MR) is 131 cm³/mol. The van der Waals surface area contributed by atoms with Gasteiger partial charge in [-0.05, 0) is 113 Å². The maximum absolute atomic E-state index is 13.2. The third kappa shape index (κ3) is 4.31. The normalized spacial score (nSPS) is 46.7. The van der Waals surface area contributed by atoms with Crippen LogP contribution in [0.5, 0.6) is 0 Å². The van der Waals surface area contributed by atoms with Gasteiger partial charge < -0.3 is 18.9 Å². The van der Waals surface area contributed by atoms with Crippen LogP contribution in [-0.4, -0.2) is 44.3 Å². The van der Waals surface area contributed by atoms with Crippen molar-refractivity contribution in [2.24, 2.45) is 40.4 Å². The monoisotopic (exact) mass is 476 g/mol. The molecule has 34 heavy (non-hydrogen) atoms. The van der Waals surface area contributed by atoms with Crippen LogP contribution >= 0.6 is 0 Å². The van der Waals surface area contributed by atoms with Crippen LogP contribution in [0.3, 0.4) is 0 Å². The van der Waals surface area contributed by atoms with E-state index in [1.165, 1.54) is 51.4 Å². The minimum atomic E-state index is -0.380. The first-order chi connectivity index (χ1) is 16.4. The van der Waals surface area contributed by atoms with Crippen molar-refractivity contribution >= 4 is 5.78 Å². The maximum atomic E-state index is 13.2. The molecule has 0 amide bonds. The molecular formula is C29H48O5. The van der Waals surface area contributed by atoms with Crippen molar-refractivity contribution in [1.29, 1.82) is 0 Å². The van der Waals surface area contributed by atoms with E-state index >= 15 is 0 Å². The lowest BCUT2D eigenvalue weighted by Crippen LogP contribution is -2.57. The van der Waals surface area contributed by atoms with E-state index in [2.05, 4.69) is 13.8 Å². The number of carbonyl (C=O) groups is 1. The molecule has 0 aromatic rings. The molecule has 1 aliphatic heterocycles. The van der Waals surface area contributed by atoms with Crippen molar-refractivity contribution in [1.82, 2.24) is 0 Å². The van der Waals surface area contributed by atoms with Gasteiger partial charge in [0, 0.05) is 26.2 Å². The lowest BCUT2D eigenvalue weighted by molar-refractivity contribution is -0.222. The second-order valence-electron chi connectivity index (χ2n) is 12.5. The van der Waals surface area contributed by atoms with E-state index in [9.17, 15) is 4.79 Å². The number of fused-ring (bicyclic) bond motifs is 5. The SMILES string of the molecule is CCOC(OCC)C1C[C@@]2(C)C(CC[C@@H]3[C@H]2CC[C@]2(C)C(OC4CCCCO4)CC[C@@H]32)CC1=O. The summed E-state index contributed by atoms with van der Waals surface area (Å²) >= 11 is 0. The molecule has 0 bridgehead atoms. The van der Waals surface area contributed by atoms with Gasteiger partial charge in [0.2, 0.25) is 0 Å². The number of ketones is 1. The van der Waals surface area contributed by atoms with Gasteiger partial charge in [0.1, 0.15) is 5.78 Å². The number of Topliss-reactive ketones (excluding diaryl/α,β-unsaturated/α-hetero) is 1. The first-order valence-corrected chi connectivity index (χ1v) is 14.4. The quantitative estimate of drug-likeness (QED) is 0.413. The highest BCUT2D eigenvalue weighted by molar-refractivity contribution is 5.82.